The number of thioether (sulfide) groups is 1. The molecule has 1 aliphatic heterocycles. The first-order valence-corrected chi connectivity index (χ1v) is 14.1. The molecule has 4 rings (SSSR count). The normalized spacial score (nSPS) is 14.5. The summed E-state index contributed by atoms with van der Waals surface area (Å²) >= 11 is 1.60. The lowest BCUT2D eigenvalue weighted by atomic mass is 9.98. The van der Waals surface area contributed by atoms with Gasteiger partial charge in [-0.2, -0.15) is 0 Å². The number of benzene rings is 3. The first-order valence-electron chi connectivity index (χ1n) is 11.6. The zero-order chi connectivity index (χ0) is 26.4. The number of nitrogens with one attached hydrogen (secondary N) is 1. The second-order valence-electron chi connectivity index (χ2n) is 8.28. The molecule has 0 spiro atoms. The van der Waals surface area contributed by atoms with E-state index in [0.717, 1.165) is 28.0 Å². The van der Waals surface area contributed by atoms with E-state index in [1.54, 1.807) is 23.9 Å². The van der Waals surface area contributed by atoms with Crippen molar-refractivity contribution in [3.05, 3.63) is 82.9 Å². The van der Waals surface area contributed by atoms with Crippen molar-refractivity contribution in [3.63, 3.8) is 0 Å². The van der Waals surface area contributed by atoms with Gasteiger partial charge < -0.3 is 18.9 Å². The molecule has 0 bridgehead atoms. The summed E-state index contributed by atoms with van der Waals surface area (Å²) in [5.41, 5.74) is 3.92. The smallest absolute Gasteiger partial charge is 0.309 e. The van der Waals surface area contributed by atoms with E-state index in [0.29, 0.717) is 18.1 Å². The maximum absolute atomic E-state index is 13.0. The standard InChI is InChI=1S/C27H29NO7S2/c1-32-20-9-11-24(33-2)25(16-20)37(30,31)28-12-13-36-27-21-7-5-4-6-19(21)17-35-23-10-8-18(14-22(23)27)15-26(29)34-3/h4-11,14,16,27-28H,12-13,15,17H2,1-3H3. The third-order valence-corrected chi connectivity index (χ3v) is 8.76. The lowest BCUT2D eigenvalue weighted by Crippen LogP contribution is -2.26. The Morgan fingerprint density at radius 2 is 1.84 bits per heavy atom. The number of hydrogen-bond acceptors (Lipinski definition) is 8. The van der Waals surface area contributed by atoms with Crippen LogP contribution in [0.4, 0.5) is 0 Å². The van der Waals surface area contributed by atoms with E-state index in [2.05, 4.69) is 10.8 Å². The van der Waals surface area contributed by atoms with E-state index in [4.69, 9.17) is 18.9 Å². The highest BCUT2D eigenvalue weighted by atomic mass is 32.2. The molecule has 37 heavy (non-hydrogen) atoms. The molecular formula is C27H29NO7S2. The number of carbonyl (C=O) groups is 1. The number of rotatable bonds is 10. The van der Waals surface area contributed by atoms with Crippen LogP contribution in [-0.2, 0) is 32.6 Å². The predicted octanol–water partition coefficient (Wildman–Crippen LogP) is 4.11. The summed E-state index contributed by atoms with van der Waals surface area (Å²) in [7, 11) is 0.435. The molecule has 0 saturated carbocycles. The van der Waals surface area contributed by atoms with Crippen LogP contribution in [0.25, 0.3) is 0 Å². The fourth-order valence-corrected chi connectivity index (χ4v) is 6.70. The van der Waals surface area contributed by atoms with E-state index in [1.807, 2.05) is 36.4 Å². The minimum atomic E-state index is -3.83. The lowest BCUT2D eigenvalue weighted by molar-refractivity contribution is -0.139. The number of hydrogen-bond donors (Lipinski definition) is 1. The van der Waals surface area contributed by atoms with Gasteiger partial charge in [-0.3, -0.25) is 4.79 Å². The summed E-state index contributed by atoms with van der Waals surface area (Å²) in [6, 6.07) is 18.4. The minimum absolute atomic E-state index is 0.0189. The van der Waals surface area contributed by atoms with Crippen molar-refractivity contribution >= 4 is 27.8 Å². The van der Waals surface area contributed by atoms with Crippen LogP contribution in [0.3, 0.4) is 0 Å². The van der Waals surface area contributed by atoms with Crippen molar-refractivity contribution in [2.24, 2.45) is 0 Å². The maximum atomic E-state index is 13.0. The molecule has 10 heteroatoms. The van der Waals surface area contributed by atoms with Gasteiger partial charge in [-0.25, -0.2) is 13.1 Å². The monoisotopic (exact) mass is 543 g/mol. The highest BCUT2D eigenvalue weighted by Gasteiger charge is 2.26. The average molecular weight is 544 g/mol. The van der Waals surface area contributed by atoms with Crippen molar-refractivity contribution in [2.45, 2.75) is 23.2 Å². The van der Waals surface area contributed by atoms with E-state index in [-0.39, 0.29) is 34.8 Å². The average Bonchev–Trinajstić information content (AvgIpc) is 3.07. The second-order valence-corrected chi connectivity index (χ2v) is 11.2. The summed E-state index contributed by atoms with van der Waals surface area (Å²) in [5, 5.41) is -0.109. The first-order chi connectivity index (χ1) is 17.9. The van der Waals surface area contributed by atoms with Crippen molar-refractivity contribution in [1.29, 1.82) is 0 Å². The number of fused-ring (bicyclic) bond motifs is 2. The summed E-state index contributed by atoms with van der Waals surface area (Å²) < 4.78 is 50.1. The van der Waals surface area contributed by atoms with Crippen LogP contribution < -0.4 is 18.9 Å². The largest absolute Gasteiger partial charge is 0.497 e. The number of methoxy groups -OCH3 is 3. The third-order valence-electron chi connectivity index (χ3n) is 5.99. The molecule has 0 aliphatic carbocycles. The summed E-state index contributed by atoms with van der Waals surface area (Å²) in [5.74, 6) is 1.57. The van der Waals surface area contributed by atoms with Crippen LogP contribution in [0.15, 0.2) is 65.6 Å². The number of carbonyl (C=O) groups excluding carboxylic acids is 1. The first kappa shape index (κ1) is 26.8. The number of ether oxygens (including phenoxy) is 4. The van der Waals surface area contributed by atoms with Crippen LogP contribution in [0, 0.1) is 0 Å². The van der Waals surface area contributed by atoms with Crippen LogP contribution in [0.2, 0.25) is 0 Å². The van der Waals surface area contributed by atoms with Gasteiger partial charge in [0.2, 0.25) is 10.0 Å². The quantitative estimate of drug-likeness (QED) is 0.301. The third kappa shape index (κ3) is 6.20. The van der Waals surface area contributed by atoms with Crippen LogP contribution >= 0.6 is 11.8 Å². The minimum Gasteiger partial charge on any atom is -0.497 e. The van der Waals surface area contributed by atoms with Gasteiger partial charge in [-0.1, -0.05) is 36.4 Å². The molecule has 196 valence electrons. The molecule has 0 saturated heterocycles. The van der Waals surface area contributed by atoms with Gasteiger partial charge in [0.25, 0.3) is 0 Å². The Labute approximate surface area is 221 Å². The van der Waals surface area contributed by atoms with Crippen LogP contribution in [-0.4, -0.2) is 48.0 Å². The van der Waals surface area contributed by atoms with E-state index in [1.165, 1.54) is 27.4 Å². The summed E-state index contributed by atoms with van der Waals surface area (Å²) in [6.07, 6.45) is 0.158. The van der Waals surface area contributed by atoms with E-state index in [9.17, 15) is 13.2 Å². The fraction of sp³-hybridized carbons (Fsp3) is 0.296. The molecule has 1 aliphatic rings. The predicted molar refractivity (Wildman–Crippen MR) is 142 cm³/mol. The Balaban J connectivity index is 1.55. The Bertz CT molecular complexity index is 1370. The molecule has 0 aromatic heterocycles. The molecule has 3 aromatic carbocycles. The van der Waals surface area contributed by atoms with E-state index >= 15 is 0 Å². The molecule has 0 radical (unpaired) electrons. The van der Waals surface area contributed by atoms with Gasteiger partial charge in [0.15, 0.2) is 0 Å². The summed E-state index contributed by atoms with van der Waals surface area (Å²) in [6.45, 7) is 0.628. The molecule has 1 unspecified atom stereocenters. The zero-order valence-electron chi connectivity index (χ0n) is 20.9. The molecule has 8 nitrogen and oxygen atoms in total. The second kappa shape index (κ2) is 11.9. The van der Waals surface area contributed by atoms with Gasteiger partial charge in [-0.15, -0.1) is 11.8 Å². The molecule has 1 N–H and O–H groups in total. The zero-order valence-corrected chi connectivity index (χ0v) is 22.5. The highest BCUT2D eigenvalue weighted by molar-refractivity contribution is 7.99. The molecule has 1 heterocycles. The van der Waals surface area contributed by atoms with Gasteiger partial charge in [0, 0.05) is 23.9 Å². The molecule has 0 amide bonds. The number of esters is 1. The van der Waals surface area contributed by atoms with Crippen molar-refractivity contribution in [2.75, 3.05) is 33.6 Å². The topological polar surface area (TPSA) is 100 Å². The van der Waals surface area contributed by atoms with Crippen LogP contribution in [0.5, 0.6) is 17.2 Å². The van der Waals surface area contributed by atoms with Gasteiger partial charge >= 0.3 is 5.97 Å². The molecule has 1 atom stereocenters. The van der Waals surface area contributed by atoms with Gasteiger partial charge in [0.05, 0.1) is 33.0 Å². The Kier molecular flexibility index (Phi) is 8.63. The van der Waals surface area contributed by atoms with E-state index < -0.39 is 10.0 Å². The number of sulfonamides is 1. The van der Waals surface area contributed by atoms with Gasteiger partial charge in [0.1, 0.15) is 28.8 Å². The Hall–Kier alpha value is -3.21. The highest BCUT2D eigenvalue weighted by Crippen LogP contribution is 2.44. The fourth-order valence-electron chi connectivity index (χ4n) is 4.13. The van der Waals surface area contributed by atoms with Crippen molar-refractivity contribution in [3.8, 4) is 17.2 Å². The SMILES string of the molecule is COC(=O)Cc1ccc2c(c1)C(SCCNS(=O)(=O)c1cc(OC)ccc1OC)c1ccccc1CO2. The maximum Gasteiger partial charge on any atom is 0.309 e. The van der Waals surface area contributed by atoms with Crippen LogP contribution in [0.1, 0.15) is 27.5 Å². The van der Waals surface area contributed by atoms with Gasteiger partial charge in [-0.05, 0) is 34.9 Å². The molecule has 0 fully saturated rings. The molecular weight excluding hydrogens is 514 g/mol. The Morgan fingerprint density at radius 1 is 1.03 bits per heavy atom. The molecule has 3 aromatic rings. The summed E-state index contributed by atoms with van der Waals surface area (Å²) in [4.78, 5) is 11.9. The lowest BCUT2D eigenvalue weighted by Gasteiger charge is -2.20. The van der Waals surface area contributed by atoms with Crippen molar-refractivity contribution < 1.29 is 32.2 Å². The van der Waals surface area contributed by atoms with Crippen molar-refractivity contribution in [1.82, 2.24) is 4.72 Å². The Morgan fingerprint density at radius 3 is 2.59 bits per heavy atom.